The standard InChI is InChI=1S/C24H22N4O5/c1-5-33-24(32)18-12-25-27(4)20(18)26-21(29)15-8-9-16-17(11-15)23(31)28(22(16)30)19-10-13(2)6-7-14(19)3/h6-12H,5H2,1-4H3,(H,26,29). The number of nitrogens with one attached hydrogen (secondary N) is 1. The molecule has 0 saturated carbocycles. The molecule has 168 valence electrons. The molecule has 3 aromatic rings. The number of fused-ring (bicyclic) bond motifs is 1. The summed E-state index contributed by atoms with van der Waals surface area (Å²) < 4.78 is 6.34. The summed E-state index contributed by atoms with van der Waals surface area (Å²) in [6.07, 6.45) is 1.31. The van der Waals surface area contributed by atoms with Gasteiger partial charge in [0.25, 0.3) is 17.7 Å². The Morgan fingerprint density at radius 3 is 2.48 bits per heavy atom. The highest BCUT2D eigenvalue weighted by molar-refractivity contribution is 6.35. The second-order valence-corrected chi connectivity index (χ2v) is 7.70. The van der Waals surface area contributed by atoms with E-state index < -0.39 is 23.7 Å². The molecule has 0 aliphatic carbocycles. The fourth-order valence-electron chi connectivity index (χ4n) is 3.68. The number of amides is 3. The first-order valence-electron chi connectivity index (χ1n) is 10.3. The molecule has 0 unspecified atom stereocenters. The number of anilines is 2. The normalized spacial score (nSPS) is 12.7. The van der Waals surface area contributed by atoms with Crippen LogP contribution < -0.4 is 10.2 Å². The predicted octanol–water partition coefficient (Wildman–Crippen LogP) is 3.27. The van der Waals surface area contributed by atoms with Crippen molar-refractivity contribution in [2.75, 3.05) is 16.8 Å². The van der Waals surface area contributed by atoms with Crippen molar-refractivity contribution >= 4 is 35.2 Å². The van der Waals surface area contributed by atoms with E-state index in [0.717, 1.165) is 16.0 Å². The molecule has 1 aliphatic rings. The average molecular weight is 446 g/mol. The third-order valence-electron chi connectivity index (χ3n) is 5.42. The van der Waals surface area contributed by atoms with Gasteiger partial charge < -0.3 is 10.1 Å². The molecule has 9 nitrogen and oxygen atoms in total. The van der Waals surface area contributed by atoms with Gasteiger partial charge in [-0.2, -0.15) is 5.10 Å². The Hall–Kier alpha value is -4.27. The smallest absolute Gasteiger partial charge is 0.343 e. The number of benzene rings is 2. The molecular weight excluding hydrogens is 424 g/mol. The molecule has 0 radical (unpaired) electrons. The number of hydrogen-bond donors (Lipinski definition) is 1. The van der Waals surface area contributed by atoms with E-state index in [0.29, 0.717) is 5.69 Å². The Kier molecular flexibility index (Phi) is 5.55. The van der Waals surface area contributed by atoms with Crippen LogP contribution >= 0.6 is 0 Å². The maximum Gasteiger partial charge on any atom is 0.343 e. The number of carbonyl (C=O) groups is 4. The molecule has 1 aliphatic heterocycles. The van der Waals surface area contributed by atoms with Crippen molar-refractivity contribution in [2.24, 2.45) is 7.05 Å². The second kappa shape index (κ2) is 8.34. The zero-order chi connectivity index (χ0) is 23.9. The number of carbonyl (C=O) groups excluding carboxylic acids is 4. The van der Waals surface area contributed by atoms with E-state index in [1.165, 1.54) is 29.1 Å². The van der Waals surface area contributed by atoms with E-state index in [4.69, 9.17) is 4.74 Å². The molecule has 4 rings (SSSR count). The lowest BCUT2D eigenvalue weighted by Gasteiger charge is -2.17. The van der Waals surface area contributed by atoms with Gasteiger partial charge in [-0.1, -0.05) is 12.1 Å². The van der Waals surface area contributed by atoms with Gasteiger partial charge in [-0.25, -0.2) is 9.69 Å². The Bertz CT molecular complexity index is 1320. The SMILES string of the molecule is CCOC(=O)c1cnn(C)c1NC(=O)c1ccc2c(c1)C(=O)N(c1cc(C)ccc1C)C2=O. The van der Waals surface area contributed by atoms with Gasteiger partial charge in [-0.3, -0.25) is 19.1 Å². The van der Waals surface area contributed by atoms with Crippen molar-refractivity contribution in [3.05, 3.63) is 76.0 Å². The highest BCUT2D eigenvalue weighted by Crippen LogP contribution is 2.32. The van der Waals surface area contributed by atoms with Gasteiger partial charge in [0, 0.05) is 12.6 Å². The molecule has 9 heteroatoms. The molecule has 33 heavy (non-hydrogen) atoms. The van der Waals surface area contributed by atoms with Crippen molar-refractivity contribution in [3.63, 3.8) is 0 Å². The molecule has 1 aromatic heterocycles. The van der Waals surface area contributed by atoms with Crippen LogP contribution in [0.2, 0.25) is 0 Å². The molecule has 0 atom stereocenters. The summed E-state index contributed by atoms with van der Waals surface area (Å²) in [5.41, 5.74) is 2.86. The summed E-state index contributed by atoms with van der Waals surface area (Å²) in [6.45, 7) is 5.56. The number of hydrogen-bond acceptors (Lipinski definition) is 6. The van der Waals surface area contributed by atoms with Gasteiger partial charge in [-0.15, -0.1) is 0 Å². The van der Waals surface area contributed by atoms with Crippen molar-refractivity contribution in [3.8, 4) is 0 Å². The van der Waals surface area contributed by atoms with E-state index >= 15 is 0 Å². The maximum absolute atomic E-state index is 13.1. The number of ether oxygens (including phenoxy) is 1. The largest absolute Gasteiger partial charge is 0.462 e. The first-order chi connectivity index (χ1) is 15.7. The number of rotatable bonds is 5. The van der Waals surface area contributed by atoms with E-state index in [1.54, 1.807) is 20.0 Å². The zero-order valence-electron chi connectivity index (χ0n) is 18.6. The highest BCUT2D eigenvalue weighted by Gasteiger charge is 2.38. The molecule has 2 heterocycles. The predicted molar refractivity (Wildman–Crippen MR) is 121 cm³/mol. The average Bonchev–Trinajstić information content (AvgIpc) is 3.27. The van der Waals surface area contributed by atoms with Crippen molar-refractivity contribution < 1.29 is 23.9 Å². The molecule has 0 fully saturated rings. The summed E-state index contributed by atoms with van der Waals surface area (Å²) in [5.74, 6) is -1.94. The van der Waals surface area contributed by atoms with Gasteiger partial charge in [0.05, 0.1) is 29.6 Å². The van der Waals surface area contributed by atoms with Gasteiger partial charge in [0.1, 0.15) is 11.4 Å². The Labute approximate surface area is 190 Å². The van der Waals surface area contributed by atoms with Crippen LogP contribution in [0, 0.1) is 13.8 Å². The van der Waals surface area contributed by atoms with E-state index in [9.17, 15) is 19.2 Å². The number of aryl methyl sites for hydroxylation is 3. The molecule has 0 spiro atoms. The van der Waals surface area contributed by atoms with Gasteiger partial charge in [0.2, 0.25) is 0 Å². The number of imide groups is 1. The lowest BCUT2D eigenvalue weighted by Crippen LogP contribution is -2.30. The molecule has 0 bridgehead atoms. The minimum absolute atomic E-state index is 0.112. The monoisotopic (exact) mass is 446 g/mol. The second-order valence-electron chi connectivity index (χ2n) is 7.70. The summed E-state index contributed by atoms with van der Waals surface area (Å²) in [7, 11) is 1.57. The van der Waals surface area contributed by atoms with Crippen LogP contribution in [0.25, 0.3) is 0 Å². The summed E-state index contributed by atoms with van der Waals surface area (Å²) >= 11 is 0. The molecular formula is C24H22N4O5. The van der Waals surface area contributed by atoms with Crippen LogP contribution in [-0.4, -0.2) is 40.1 Å². The molecule has 3 amide bonds. The van der Waals surface area contributed by atoms with Crippen molar-refractivity contribution in [1.82, 2.24) is 9.78 Å². The molecule has 2 aromatic carbocycles. The lowest BCUT2D eigenvalue weighted by atomic mass is 10.1. The fourth-order valence-corrected chi connectivity index (χ4v) is 3.68. The van der Waals surface area contributed by atoms with Crippen LogP contribution in [0.3, 0.4) is 0 Å². The lowest BCUT2D eigenvalue weighted by molar-refractivity contribution is 0.0527. The number of nitrogens with zero attached hydrogens (tertiary/aromatic N) is 3. The third-order valence-corrected chi connectivity index (χ3v) is 5.42. The topological polar surface area (TPSA) is 111 Å². The highest BCUT2D eigenvalue weighted by atomic mass is 16.5. The number of esters is 1. The van der Waals surface area contributed by atoms with E-state index in [2.05, 4.69) is 10.4 Å². The summed E-state index contributed by atoms with van der Waals surface area (Å²) in [5, 5.41) is 6.64. The Balaban J connectivity index is 1.64. The fraction of sp³-hybridized carbons (Fsp3) is 0.208. The van der Waals surface area contributed by atoms with Gasteiger partial charge in [0.15, 0.2) is 0 Å². The van der Waals surface area contributed by atoms with Crippen LogP contribution in [0.1, 0.15) is 59.5 Å². The Morgan fingerprint density at radius 2 is 1.76 bits per heavy atom. The van der Waals surface area contributed by atoms with Crippen LogP contribution in [0.4, 0.5) is 11.5 Å². The van der Waals surface area contributed by atoms with Crippen LogP contribution in [0.5, 0.6) is 0 Å². The first-order valence-corrected chi connectivity index (χ1v) is 10.3. The maximum atomic E-state index is 13.1. The van der Waals surface area contributed by atoms with Crippen molar-refractivity contribution in [2.45, 2.75) is 20.8 Å². The number of aromatic nitrogens is 2. The Morgan fingerprint density at radius 1 is 1.03 bits per heavy atom. The van der Waals surface area contributed by atoms with E-state index in [1.807, 2.05) is 26.0 Å². The van der Waals surface area contributed by atoms with Gasteiger partial charge in [-0.05, 0) is 56.2 Å². The van der Waals surface area contributed by atoms with Gasteiger partial charge >= 0.3 is 5.97 Å². The van der Waals surface area contributed by atoms with E-state index in [-0.39, 0.29) is 34.7 Å². The minimum atomic E-state index is -0.611. The quantitative estimate of drug-likeness (QED) is 0.476. The summed E-state index contributed by atoms with van der Waals surface area (Å²) in [4.78, 5) is 52.3. The first kappa shape index (κ1) is 21.9. The zero-order valence-corrected chi connectivity index (χ0v) is 18.6. The van der Waals surface area contributed by atoms with Crippen molar-refractivity contribution in [1.29, 1.82) is 0 Å². The molecule has 1 N–H and O–H groups in total. The summed E-state index contributed by atoms with van der Waals surface area (Å²) in [6, 6.07) is 9.85. The van der Waals surface area contributed by atoms with Crippen LogP contribution in [-0.2, 0) is 11.8 Å². The third kappa shape index (κ3) is 3.78. The van der Waals surface area contributed by atoms with Crippen LogP contribution in [0.15, 0.2) is 42.6 Å². The molecule has 0 saturated heterocycles. The minimum Gasteiger partial charge on any atom is -0.462 e.